The lowest BCUT2D eigenvalue weighted by atomic mass is 9.98. The number of rotatable bonds is 6. The van der Waals surface area contributed by atoms with Gasteiger partial charge in [0.1, 0.15) is 17.7 Å². The maximum atomic E-state index is 13.8. The summed E-state index contributed by atoms with van der Waals surface area (Å²) in [4.78, 5) is 12.5. The van der Waals surface area contributed by atoms with Crippen molar-refractivity contribution in [2.75, 3.05) is 21.3 Å². The fraction of sp³-hybridized carbons (Fsp3) is 0.235. The van der Waals surface area contributed by atoms with Crippen LogP contribution in [0.25, 0.3) is 0 Å². The van der Waals surface area contributed by atoms with Gasteiger partial charge < -0.3 is 19.3 Å². The molecule has 2 aromatic carbocycles. The van der Waals surface area contributed by atoms with E-state index in [1.54, 1.807) is 0 Å². The van der Waals surface area contributed by atoms with Crippen molar-refractivity contribution in [3.8, 4) is 17.2 Å². The Morgan fingerprint density at radius 3 is 1.92 bits per heavy atom. The maximum absolute atomic E-state index is 13.8. The zero-order valence-electron chi connectivity index (χ0n) is 13.3. The van der Waals surface area contributed by atoms with Crippen LogP contribution in [0, 0.1) is 11.6 Å². The first-order chi connectivity index (χ1) is 11.4. The number of benzene rings is 2. The fourth-order valence-electron chi connectivity index (χ4n) is 2.28. The maximum Gasteiger partial charge on any atom is 0.203 e. The summed E-state index contributed by atoms with van der Waals surface area (Å²) < 4.78 is 42.9. The van der Waals surface area contributed by atoms with Crippen LogP contribution in [0.4, 0.5) is 8.78 Å². The molecule has 0 heterocycles. The summed E-state index contributed by atoms with van der Waals surface area (Å²) in [5.41, 5.74) is -0.754. The summed E-state index contributed by atoms with van der Waals surface area (Å²) in [6.45, 7) is 0. The van der Waals surface area contributed by atoms with E-state index in [4.69, 9.17) is 14.2 Å². The van der Waals surface area contributed by atoms with Crippen molar-refractivity contribution in [2.45, 2.75) is 6.10 Å². The minimum absolute atomic E-state index is 0.0420. The number of aliphatic hydroxyl groups is 1. The molecule has 0 amide bonds. The molecule has 7 heteroatoms. The number of carbonyl (C=O) groups excluding carboxylic acids is 1. The third-order valence-corrected chi connectivity index (χ3v) is 3.47. The Hall–Kier alpha value is -2.67. The van der Waals surface area contributed by atoms with Crippen molar-refractivity contribution in [1.29, 1.82) is 0 Å². The third kappa shape index (κ3) is 3.16. The third-order valence-electron chi connectivity index (χ3n) is 3.47. The summed E-state index contributed by atoms with van der Waals surface area (Å²) in [5, 5.41) is 10.1. The van der Waals surface area contributed by atoms with Gasteiger partial charge in [0.2, 0.25) is 5.75 Å². The molecule has 0 unspecified atom stereocenters. The highest BCUT2D eigenvalue weighted by Crippen LogP contribution is 2.39. The number of aliphatic hydroxyl groups excluding tert-OH is 1. The van der Waals surface area contributed by atoms with Gasteiger partial charge in [-0.3, -0.25) is 4.79 Å². The van der Waals surface area contributed by atoms with Gasteiger partial charge in [-0.25, -0.2) is 8.78 Å². The molecule has 128 valence electrons. The van der Waals surface area contributed by atoms with E-state index in [0.29, 0.717) is 0 Å². The number of hydrogen-bond acceptors (Lipinski definition) is 5. The monoisotopic (exact) mass is 338 g/mol. The molecule has 1 N–H and O–H groups in total. The Labute approximate surface area is 137 Å². The zero-order chi connectivity index (χ0) is 17.9. The van der Waals surface area contributed by atoms with E-state index in [-0.39, 0.29) is 22.8 Å². The number of ketones is 1. The Bertz CT molecular complexity index is 715. The summed E-state index contributed by atoms with van der Waals surface area (Å²) in [6, 6.07) is 5.66. The van der Waals surface area contributed by atoms with E-state index in [0.717, 1.165) is 18.2 Å². The first-order valence-corrected chi connectivity index (χ1v) is 6.90. The average molecular weight is 338 g/mol. The number of halogens is 2. The predicted molar refractivity (Wildman–Crippen MR) is 81.7 cm³/mol. The van der Waals surface area contributed by atoms with Crippen molar-refractivity contribution < 1.29 is 32.9 Å². The van der Waals surface area contributed by atoms with Gasteiger partial charge in [-0.2, -0.15) is 0 Å². The van der Waals surface area contributed by atoms with Gasteiger partial charge in [-0.15, -0.1) is 0 Å². The number of ether oxygens (including phenoxy) is 3. The molecule has 24 heavy (non-hydrogen) atoms. The molecule has 0 aliphatic rings. The molecular formula is C17H16F2O5. The van der Waals surface area contributed by atoms with Crippen LogP contribution in [0.1, 0.15) is 22.0 Å². The Balaban J connectivity index is 2.49. The highest BCUT2D eigenvalue weighted by Gasteiger charge is 2.27. The first-order valence-electron chi connectivity index (χ1n) is 6.90. The molecule has 2 aromatic rings. The molecule has 0 spiro atoms. The number of methoxy groups -OCH3 is 3. The summed E-state index contributed by atoms with van der Waals surface area (Å²) in [5.74, 6) is -2.31. The molecule has 2 rings (SSSR count). The van der Waals surface area contributed by atoms with Crippen LogP contribution in [0.3, 0.4) is 0 Å². The van der Waals surface area contributed by atoms with Crippen LogP contribution in [-0.2, 0) is 0 Å². The predicted octanol–water partition coefficient (Wildman–Crippen LogP) is 2.91. The number of hydrogen-bond donors (Lipinski definition) is 1. The molecule has 0 aliphatic heterocycles. The van der Waals surface area contributed by atoms with E-state index in [2.05, 4.69) is 0 Å². The molecule has 0 radical (unpaired) electrons. The largest absolute Gasteiger partial charge is 0.493 e. The molecule has 5 nitrogen and oxygen atoms in total. The average Bonchev–Trinajstić information content (AvgIpc) is 2.59. The zero-order valence-corrected chi connectivity index (χ0v) is 13.3. The van der Waals surface area contributed by atoms with E-state index < -0.39 is 29.1 Å². The van der Waals surface area contributed by atoms with Crippen molar-refractivity contribution in [3.63, 3.8) is 0 Å². The highest BCUT2D eigenvalue weighted by molar-refractivity contribution is 6.01. The summed E-state index contributed by atoms with van der Waals surface area (Å²) in [6.07, 6.45) is -2.01. The van der Waals surface area contributed by atoms with E-state index in [1.165, 1.54) is 33.5 Å². The van der Waals surface area contributed by atoms with Crippen LogP contribution in [0.5, 0.6) is 17.2 Å². The quantitative estimate of drug-likeness (QED) is 0.821. The lowest BCUT2D eigenvalue weighted by molar-refractivity contribution is 0.0731. The van der Waals surface area contributed by atoms with Gasteiger partial charge in [0.25, 0.3) is 0 Å². The molecule has 0 saturated heterocycles. The molecular weight excluding hydrogens is 322 g/mol. The van der Waals surface area contributed by atoms with Gasteiger partial charge in [-0.05, 0) is 24.3 Å². The molecule has 1 atom stereocenters. The van der Waals surface area contributed by atoms with Crippen molar-refractivity contribution in [1.82, 2.24) is 0 Å². The minimum Gasteiger partial charge on any atom is -0.493 e. The SMILES string of the molecule is COc1cc(C(=O)[C@H](O)c2c(F)cccc2F)cc(OC)c1OC. The van der Waals surface area contributed by atoms with Crippen molar-refractivity contribution >= 4 is 5.78 Å². The molecule has 0 bridgehead atoms. The highest BCUT2D eigenvalue weighted by atomic mass is 19.1. The normalized spacial score (nSPS) is 11.8. The van der Waals surface area contributed by atoms with E-state index in [1.807, 2.05) is 0 Å². The number of Topliss-reactive ketones (excluding diaryl/α,β-unsaturated/α-hetero) is 1. The van der Waals surface area contributed by atoms with E-state index >= 15 is 0 Å². The lowest BCUT2D eigenvalue weighted by Crippen LogP contribution is -2.16. The Morgan fingerprint density at radius 2 is 1.50 bits per heavy atom. The summed E-state index contributed by atoms with van der Waals surface area (Å²) in [7, 11) is 4.11. The van der Waals surface area contributed by atoms with Crippen LogP contribution in [0.2, 0.25) is 0 Å². The Morgan fingerprint density at radius 1 is 1.00 bits per heavy atom. The van der Waals surface area contributed by atoms with Crippen LogP contribution in [0.15, 0.2) is 30.3 Å². The van der Waals surface area contributed by atoms with Gasteiger partial charge in [-0.1, -0.05) is 6.07 Å². The van der Waals surface area contributed by atoms with Gasteiger partial charge >= 0.3 is 0 Å². The second-order valence-electron chi connectivity index (χ2n) is 4.82. The fourth-order valence-corrected chi connectivity index (χ4v) is 2.28. The molecule has 0 saturated carbocycles. The molecule has 0 aromatic heterocycles. The van der Waals surface area contributed by atoms with Crippen molar-refractivity contribution in [3.05, 3.63) is 53.1 Å². The number of carbonyl (C=O) groups is 1. The topological polar surface area (TPSA) is 65.0 Å². The van der Waals surface area contributed by atoms with Crippen LogP contribution < -0.4 is 14.2 Å². The van der Waals surface area contributed by atoms with Gasteiger partial charge in [0, 0.05) is 5.56 Å². The van der Waals surface area contributed by atoms with E-state index in [9.17, 15) is 18.7 Å². The van der Waals surface area contributed by atoms with Crippen LogP contribution in [-0.4, -0.2) is 32.2 Å². The smallest absolute Gasteiger partial charge is 0.203 e. The minimum atomic E-state index is -2.01. The van der Waals surface area contributed by atoms with Crippen molar-refractivity contribution in [2.24, 2.45) is 0 Å². The van der Waals surface area contributed by atoms with Crippen LogP contribution >= 0.6 is 0 Å². The lowest BCUT2D eigenvalue weighted by Gasteiger charge is -2.16. The standard InChI is InChI=1S/C17H16F2O5/c1-22-12-7-9(8-13(23-2)17(12)24-3)15(20)16(21)14-10(18)5-4-6-11(14)19/h4-8,16,21H,1-3H3/t16-/m1/s1. The second kappa shape index (κ2) is 7.27. The Kier molecular flexibility index (Phi) is 5.35. The summed E-state index contributed by atoms with van der Waals surface area (Å²) >= 11 is 0. The molecule has 0 aliphatic carbocycles. The second-order valence-corrected chi connectivity index (χ2v) is 4.82. The van der Waals surface area contributed by atoms with Gasteiger partial charge in [0.15, 0.2) is 17.3 Å². The molecule has 0 fully saturated rings. The van der Waals surface area contributed by atoms with Gasteiger partial charge in [0.05, 0.1) is 26.9 Å². The first kappa shape index (κ1) is 17.7.